The molecule has 3 N–H and O–H groups in total. The Hall–Kier alpha value is -2.18. The van der Waals surface area contributed by atoms with E-state index in [2.05, 4.69) is 55.6 Å². The monoisotopic (exact) mass is 1090 g/mol. The number of amides is 1. The van der Waals surface area contributed by atoms with Crippen molar-refractivity contribution in [3.8, 4) is 0 Å². The smallest absolute Gasteiger partial charge is 0.305 e. The minimum atomic E-state index is -0.852. The van der Waals surface area contributed by atoms with Crippen LogP contribution in [-0.2, 0) is 14.3 Å². The molecule has 0 radical (unpaired) electrons. The maximum atomic E-state index is 12.5. The van der Waals surface area contributed by atoms with E-state index >= 15 is 0 Å². The second kappa shape index (κ2) is 67.3. The van der Waals surface area contributed by atoms with Crippen molar-refractivity contribution in [1.29, 1.82) is 0 Å². The van der Waals surface area contributed by atoms with Crippen LogP contribution in [0.1, 0.15) is 373 Å². The molecule has 6 nitrogen and oxygen atoms in total. The summed E-state index contributed by atoms with van der Waals surface area (Å²) in [6.07, 6.45) is 87.4. The van der Waals surface area contributed by atoms with Gasteiger partial charge in [-0.1, -0.05) is 319 Å². The number of aliphatic hydroxyl groups is 2. The molecule has 2 unspecified atom stereocenters. The van der Waals surface area contributed by atoms with Crippen molar-refractivity contribution in [2.75, 3.05) is 13.2 Å². The van der Waals surface area contributed by atoms with E-state index in [9.17, 15) is 19.8 Å². The highest BCUT2D eigenvalue weighted by molar-refractivity contribution is 5.76. The fourth-order valence-electron chi connectivity index (χ4n) is 10.7. The predicted molar refractivity (Wildman–Crippen MR) is 342 cm³/mol. The van der Waals surface area contributed by atoms with Crippen LogP contribution in [0.5, 0.6) is 0 Å². The van der Waals surface area contributed by atoms with E-state index in [1.54, 1.807) is 6.08 Å². The van der Waals surface area contributed by atoms with Crippen LogP contribution in [0, 0.1) is 0 Å². The Balaban J connectivity index is 3.45. The van der Waals surface area contributed by atoms with Gasteiger partial charge in [-0.25, -0.2) is 0 Å². The predicted octanol–water partition coefficient (Wildman–Crippen LogP) is 22.5. The molecule has 0 rings (SSSR count). The molecule has 0 aromatic carbocycles. The molecule has 6 heteroatoms. The maximum Gasteiger partial charge on any atom is 0.305 e. The SMILES string of the molecule is CCCCCC/C=C\C/C=C\CCCCCCCCCC(=O)OCCCCCCCCCCCC/C=C\CCCCCCCCCC(=O)NC(CO)C(O)/C=C/CCCCCCCCCCCCCCCCCCCCCC. The summed E-state index contributed by atoms with van der Waals surface area (Å²) in [6, 6.07) is -0.636. The topological polar surface area (TPSA) is 95.9 Å². The van der Waals surface area contributed by atoms with Crippen molar-refractivity contribution in [2.24, 2.45) is 0 Å². The third-order valence-electron chi connectivity index (χ3n) is 16.1. The van der Waals surface area contributed by atoms with Crippen molar-refractivity contribution >= 4 is 11.9 Å². The summed E-state index contributed by atoms with van der Waals surface area (Å²) in [5, 5.41) is 23.2. The molecular weight excluding hydrogens is 959 g/mol. The van der Waals surface area contributed by atoms with Gasteiger partial charge in [-0.15, -0.1) is 0 Å². The first-order valence-electron chi connectivity index (χ1n) is 34.9. The van der Waals surface area contributed by atoms with Crippen LogP contribution in [0.15, 0.2) is 48.6 Å². The van der Waals surface area contributed by atoms with Gasteiger partial charge in [-0.2, -0.15) is 0 Å². The van der Waals surface area contributed by atoms with Crippen molar-refractivity contribution < 1.29 is 24.5 Å². The van der Waals surface area contributed by atoms with Gasteiger partial charge in [0, 0.05) is 12.8 Å². The van der Waals surface area contributed by atoms with Gasteiger partial charge >= 0.3 is 5.97 Å². The lowest BCUT2D eigenvalue weighted by Crippen LogP contribution is -2.45. The molecule has 0 aliphatic heterocycles. The zero-order valence-electron chi connectivity index (χ0n) is 52.4. The second-order valence-corrected chi connectivity index (χ2v) is 23.9. The van der Waals surface area contributed by atoms with Gasteiger partial charge in [-0.05, 0) is 89.9 Å². The fourth-order valence-corrected chi connectivity index (χ4v) is 10.7. The van der Waals surface area contributed by atoms with Crippen LogP contribution in [0.4, 0.5) is 0 Å². The Morgan fingerprint density at radius 1 is 0.359 bits per heavy atom. The van der Waals surface area contributed by atoms with Gasteiger partial charge < -0.3 is 20.3 Å². The first-order valence-corrected chi connectivity index (χ1v) is 34.9. The summed E-state index contributed by atoms with van der Waals surface area (Å²) in [5.74, 6) is -0.0724. The standard InChI is InChI=1S/C72H135NO5/c1-3-5-7-9-11-13-15-17-19-21-23-24-26-29-32-36-40-44-48-52-56-60-64-70(75)69(68-74)73-71(76)65-61-57-53-49-45-41-37-33-30-27-25-28-31-35-39-43-47-51-55-59-63-67-78-72(77)66-62-58-54-50-46-42-38-34-22-20-18-16-14-12-10-8-6-4-2/h14,16,20,22,27,30,60,64,69-70,74-75H,3-13,15,17-19,21,23-26,28-29,31-59,61-63,65-68H2,1-2H3,(H,73,76)/b16-14-,22-20-,30-27-,64-60+. The lowest BCUT2D eigenvalue weighted by Gasteiger charge is -2.20. The number of carbonyl (C=O) groups is 2. The summed E-state index contributed by atoms with van der Waals surface area (Å²) in [7, 11) is 0. The molecule has 0 aliphatic rings. The largest absolute Gasteiger partial charge is 0.466 e. The molecule has 0 saturated heterocycles. The Bertz CT molecular complexity index is 1310. The van der Waals surface area contributed by atoms with Gasteiger partial charge in [-0.3, -0.25) is 9.59 Å². The third-order valence-corrected chi connectivity index (χ3v) is 16.1. The molecule has 0 aromatic heterocycles. The van der Waals surface area contributed by atoms with Gasteiger partial charge in [0.1, 0.15) is 0 Å². The number of carbonyl (C=O) groups excluding carboxylic acids is 2. The zero-order chi connectivity index (χ0) is 56.4. The number of hydrogen-bond acceptors (Lipinski definition) is 5. The highest BCUT2D eigenvalue weighted by Crippen LogP contribution is 2.18. The number of rotatable bonds is 65. The number of hydrogen-bond donors (Lipinski definition) is 3. The molecule has 458 valence electrons. The molecule has 1 amide bonds. The molecular formula is C72H135NO5. The molecule has 0 fully saturated rings. The number of nitrogens with one attached hydrogen (secondary N) is 1. The van der Waals surface area contributed by atoms with E-state index in [-0.39, 0.29) is 18.5 Å². The van der Waals surface area contributed by atoms with Crippen molar-refractivity contribution in [1.82, 2.24) is 5.32 Å². The lowest BCUT2D eigenvalue weighted by atomic mass is 10.0. The van der Waals surface area contributed by atoms with Gasteiger partial charge in [0.2, 0.25) is 5.91 Å². The fraction of sp³-hybridized carbons (Fsp3) is 0.861. The van der Waals surface area contributed by atoms with E-state index in [1.165, 1.54) is 289 Å². The summed E-state index contributed by atoms with van der Waals surface area (Å²) in [5.41, 5.74) is 0. The first kappa shape index (κ1) is 75.8. The van der Waals surface area contributed by atoms with E-state index in [1.807, 2.05) is 6.08 Å². The first-order chi connectivity index (χ1) is 38.5. The zero-order valence-corrected chi connectivity index (χ0v) is 52.4. The third kappa shape index (κ3) is 63.0. The quantitative estimate of drug-likeness (QED) is 0.0320. The van der Waals surface area contributed by atoms with E-state index in [0.29, 0.717) is 19.4 Å². The Kier molecular flexibility index (Phi) is 65.4. The summed E-state index contributed by atoms with van der Waals surface area (Å²) < 4.78 is 5.49. The Labute approximate surface area is 486 Å². The number of allylic oxidation sites excluding steroid dienone is 7. The number of esters is 1. The van der Waals surface area contributed by atoms with Crippen molar-refractivity contribution in [2.45, 2.75) is 386 Å². The van der Waals surface area contributed by atoms with Gasteiger partial charge in [0.25, 0.3) is 0 Å². The number of ether oxygens (including phenoxy) is 1. The summed E-state index contributed by atoms with van der Waals surface area (Å²) in [6.45, 7) is 4.90. The second-order valence-electron chi connectivity index (χ2n) is 23.9. The van der Waals surface area contributed by atoms with Gasteiger partial charge in [0.05, 0.1) is 25.4 Å². The minimum absolute atomic E-state index is 0.000550. The van der Waals surface area contributed by atoms with Crippen LogP contribution < -0.4 is 5.32 Å². The highest BCUT2D eigenvalue weighted by Gasteiger charge is 2.18. The molecule has 0 spiro atoms. The molecule has 0 aliphatic carbocycles. The summed E-state index contributed by atoms with van der Waals surface area (Å²) >= 11 is 0. The van der Waals surface area contributed by atoms with Crippen LogP contribution in [-0.4, -0.2) is 47.4 Å². The number of unbranched alkanes of at least 4 members (excludes halogenated alkanes) is 48. The average molecular weight is 1090 g/mol. The van der Waals surface area contributed by atoms with Crippen molar-refractivity contribution in [3.63, 3.8) is 0 Å². The minimum Gasteiger partial charge on any atom is -0.466 e. The summed E-state index contributed by atoms with van der Waals surface area (Å²) in [4.78, 5) is 24.6. The molecule has 78 heavy (non-hydrogen) atoms. The van der Waals surface area contributed by atoms with Crippen LogP contribution in [0.25, 0.3) is 0 Å². The van der Waals surface area contributed by atoms with Crippen LogP contribution >= 0.6 is 0 Å². The molecule has 0 saturated carbocycles. The normalized spacial score (nSPS) is 12.8. The molecule has 0 aromatic rings. The van der Waals surface area contributed by atoms with Crippen LogP contribution in [0.3, 0.4) is 0 Å². The Morgan fingerprint density at radius 2 is 0.641 bits per heavy atom. The molecule has 0 bridgehead atoms. The Morgan fingerprint density at radius 3 is 1.00 bits per heavy atom. The van der Waals surface area contributed by atoms with E-state index in [4.69, 9.17) is 4.74 Å². The lowest BCUT2D eigenvalue weighted by molar-refractivity contribution is -0.143. The highest BCUT2D eigenvalue weighted by atomic mass is 16.5. The van der Waals surface area contributed by atoms with Crippen LogP contribution in [0.2, 0.25) is 0 Å². The molecule has 2 atom stereocenters. The number of aliphatic hydroxyl groups excluding tert-OH is 2. The van der Waals surface area contributed by atoms with E-state index in [0.717, 1.165) is 57.8 Å². The van der Waals surface area contributed by atoms with Gasteiger partial charge in [0.15, 0.2) is 0 Å². The maximum absolute atomic E-state index is 12.5. The molecule has 0 heterocycles. The van der Waals surface area contributed by atoms with E-state index < -0.39 is 12.1 Å². The average Bonchev–Trinajstić information content (AvgIpc) is 3.44. The van der Waals surface area contributed by atoms with Crippen molar-refractivity contribution in [3.05, 3.63) is 48.6 Å².